The van der Waals surface area contributed by atoms with Crippen molar-refractivity contribution < 1.29 is 4.79 Å². The van der Waals surface area contributed by atoms with Crippen molar-refractivity contribution >= 4 is 29.1 Å². The first-order valence-electron chi connectivity index (χ1n) is 7.58. The summed E-state index contributed by atoms with van der Waals surface area (Å²) in [6.45, 7) is 4.28. The molecule has 0 aliphatic carbocycles. The van der Waals surface area contributed by atoms with Crippen molar-refractivity contribution in [3.8, 4) is 0 Å². The van der Waals surface area contributed by atoms with Gasteiger partial charge in [0.05, 0.1) is 10.0 Å². The number of carbonyl (C=O) groups is 1. The van der Waals surface area contributed by atoms with Crippen molar-refractivity contribution in [2.24, 2.45) is 0 Å². The maximum atomic E-state index is 11.8. The molecular formula is C16H22Cl2N2O. The van der Waals surface area contributed by atoms with Gasteiger partial charge in [0.2, 0.25) is 5.91 Å². The van der Waals surface area contributed by atoms with E-state index in [-0.39, 0.29) is 5.91 Å². The Bertz CT molecular complexity index is 473. The third-order valence-electron chi connectivity index (χ3n) is 3.80. The van der Waals surface area contributed by atoms with Gasteiger partial charge in [-0.2, -0.15) is 0 Å². The van der Waals surface area contributed by atoms with Crippen LogP contribution in [-0.2, 0) is 11.2 Å². The number of rotatable bonds is 7. The fraction of sp³-hybridized carbons (Fsp3) is 0.562. The second-order valence-corrected chi connectivity index (χ2v) is 6.32. The molecule has 0 saturated carbocycles. The highest BCUT2D eigenvalue weighted by Gasteiger charge is 2.10. The van der Waals surface area contributed by atoms with Crippen LogP contribution in [0.3, 0.4) is 0 Å². The summed E-state index contributed by atoms with van der Waals surface area (Å²) in [6, 6.07) is 5.51. The fourth-order valence-electron chi connectivity index (χ4n) is 2.58. The van der Waals surface area contributed by atoms with E-state index in [1.54, 1.807) is 6.07 Å². The zero-order chi connectivity index (χ0) is 15.1. The molecule has 2 rings (SSSR count). The molecule has 0 unspecified atom stereocenters. The first kappa shape index (κ1) is 16.6. The van der Waals surface area contributed by atoms with Gasteiger partial charge in [0.15, 0.2) is 0 Å². The van der Waals surface area contributed by atoms with Gasteiger partial charge in [0.25, 0.3) is 0 Å². The summed E-state index contributed by atoms with van der Waals surface area (Å²) in [5, 5.41) is 4.07. The molecular weight excluding hydrogens is 307 g/mol. The van der Waals surface area contributed by atoms with Gasteiger partial charge in [0, 0.05) is 13.0 Å². The third kappa shape index (κ3) is 5.85. The van der Waals surface area contributed by atoms with E-state index in [0.717, 1.165) is 25.1 Å². The van der Waals surface area contributed by atoms with Gasteiger partial charge in [-0.15, -0.1) is 0 Å². The summed E-state index contributed by atoms with van der Waals surface area (Å²) in [5.41, 5.74) is 1.04. The van der Waals surface area contributed by atoms with Crippen LogP contribution in [0.1, 0.15) is 31.2 Å². The highest BCUT2D eigenvalue weighted by atomic mass is 35.5. The smallest absolute Gasteiger partial charge is 0.220 e. The van der Waals surface area contributed by atoms with Gasteiger partial charge >= 0.3 is 0 Å². The summed E-state index contributed by atoms with van der Waals surface area (Å²) in [7, 11) is 0. The number of carbonyl (C=O) groups excluding carboxylic acids is 1. The van der Waals surface area contributed by atoms with Gasteiger partial charge in [-0.3, -0.25) is 4.79 Å². The highest BCUT2D eigenvalue weighted by molar-refractivity contribution is 6.42. The predicted octanol–water partition coefficient (Wildman–Crippen LogP) is 3.53. The van der Waals surface area contributed by atoms with E-state index in [4.69, 9.17) is 23.2 Å². The SMILES string of the molecule is O=C(CCc1ccc(Cl)c(Cl)c1)NCCCN1CCCC1. The van der Waals surface area contributed by atoms with E-state index in [2.05, 4.69) is 10.2 Å². The van der Waals surface area contributed by atoms with Crippen LogP contribution in [0.5, 0.6) is 0 Å². The van der Waals surface area contributed by atoms with Crippen molar-refractivity contribution in [2.75, 3.05) is 26.2 Å². The van der Waals surface area contributed by atoms with Crippen LogP contribution in [0.4, 0.5) is 0 Å². The van der Waals surface area contributed by atoms with E-state index < -0.39 is 0 Å². The Balaban J connectivity index is 1.59. The molecule has 1 aliphatic rings. The summed E-state index contributed by atoms with van der Waals surface area (Å²) in [5.74, 6) is 0.0995. The van der Waals surface area contributed by atoms with Gasteiger partial charge in [-0.05, 0) is 63.0 Å². The molecule has 116 valence electrons. The minimum atomic E-state index is 0.0995. The van der Waals surface area contributed by atoms with E-state index in [9.17, 15) is 4.79 Å². The van der Waals surface area contributed by atoms with Crippen molar-refractivity contribution in [1.82, 2.24) is 10.2 Å². The zero-order valence-electron chi connectivity index (χ0n) is 12.2. The molecule has 1 amide bonds. The molecule has 5 heteroatoms. The number of benzene rings is 1. The summed E-state index contributed by atoms with van der Waals surface area (Å²) in [6.07, 6.45) is 4.83. The third-order valence-corrected chi connectivity index (χ3v) is 4.54. The second kappa shape index (κ2) is 8.62. The lowest BCUT2D eigenvalue weighted by Crippen LogP contribution is -2.28. The fourth-order valence-corrected chi connectivity index (χ4v) is 2.90. The summed E-state index contributed by atoms with van der Waals surface area (Å²) >= 11 is 11.8. The first-order valence-corrected chi connectivity index (χ1v) is 8.34. The Labute approximate surface area is 136 Å². The van der Waals surface area contributed by atoms with E-state index >= 15 is 0 Å². The van der Waals surface area contributed by atoms with E-state index in [1.807, 2.05) is 12.1 Å². The van der Waals surface area contributed by atoms with Crippen molar-refractivity contribution in [1.29, 1.82) is 0 Å². The van der Waals surface area contributed by atoms with Crippen LogP contribution in [0.25, 0.3) is 0 Å². The zero-order valence-corrected chi connectivity index (χ0v) is 13.7. The second-order valence-electron chi connectivity index (χ2n) is 5.50. The van der Waals surface area contributed by atoms with Crippen LogP contribution in [0, 0.1) is 0 Å². The van der Waals surface area contributed by atoms with Crippen molar-refractivity contribution in [3.05, 3.63) is 33.8 Å². The lowest BCUT2D eigenvalue weighted by molar-refractivity contribution is -0.121. The average molecular weight is 329 g/mol. The Morgan fingerprint density at radius 2 is 1.95 bits per heavy atom. The number of nitrogens with one attached hydrogen (secondary N) is 1. The molecule has 1 aromatic carbocycles. The minimum absolute atomic E-state index is 0.0995. The van der Waals surface area contributed by atoms with Crippen LogP contribution in [0.2, 0.25) is 10.0 Å². The topological polar surface area (TPSA) is 32.3 Å². The maximum Gasteiger partial charge on any atom is 0.220 e. The van der Waals surface area contributed by atoms with Crippen molar-refractivity contribution in [3.63, 3.8) is 0 Å². The molecule has 0 aromatic heterocycles. The Kier molecular flexibility index (Phi) is 6.81. The number of amides is 1. The monoisotopic (exact) mass is 328 g/mol. The molecule has 1 fully saturated rings. The van der Waals surface area contributed by atoms with Gasteiger partial charge in [0.1, 0.15) is 0 Å². The maximum absolute atomic E-state index is 11.8. The molecule has 1 aromatic rings. The lowest BCUT2D eigenvalue weighted by atomic mass is 10.1. The summed E-state index contributed by atoms with van der Waals surface area (Å²) < 4.78 is 0. The summed E-state index contributed by atoms with van der Waals surface area (Å²) in [4.78, 5) is 14.2. The number of halogens is 2. The molecule has 1 N–H and O–H groups in total. The Hall–Kier alpha value is -0.770. The Morgan fingerprint density at radius 3 is 2.67 bits per heavy atom. The predicted molar refractivity (Wildman–Crippen MR) is 88.1 cm³/mol. The molecule has 1 heterocycles. The largest absolute Gasteiger partial charge is 0.356 e. The molecule has 1 aliphatic heterocycles. The van der Waals surface area contributed by atoms with Gasteiger partial charge in [-0.25, -0.2) is 0 Å². The Morgan fingerprint density at radius 1 is 1.19 bits per heavy atom. The highest BCUT2D eigenvalue weighted by Crippen LogP contribution is 2.23. The number of likely N-dealkylation sites (tertiary alicyclic amines) is 1. The van der Waals surface area contributed by atoms with Gasteiger partial charge in [-0.1, -0.05) is 29.3 Å². The number of hydrogen-bond donors (Lipinski definition) is 1. The standard InChI is InChI=1S/C16H22Cl2N2O/c17-14-6-4-13(12-15(14)18)5-7-16(21)19-8-3-11-20-9-1-2-10-20/h4,6,12H,1-3,5,7-11H2,(H,19,21). The molecule has 1 saturated heterocycles. The molecule has 0 spiro atoms. The normalized spacial score (nSPS) is 15.3. The lowest BCUT2D eigenvalue weighted by Gasteiger charge is -2.14. The molecule has 0 bridgehead atoms. The number of aryl methyl sites for hydroxylation is 1. The molecule has 0 atom stereocenters. The molecule has 21 heavy (non-hydrogen) atoms. The minimum Gasteiger partial charge on any atom is -0.356 e. The number of hydrogen-bond acceptors (Lipinski definition) is 2. The van der Waals surface area contributed by atoms with Crippen molar-refractivity contribution in [2.45, 2.75) is 32.1 Å². The first-order chi connectivity index (χ1) is 10.1. The average Bonchev–Trinajstić information content (AvgIpc) is 2.98. The van der Waals surface area contributed by atoms with Crippen LogP contribution < -0.4 is 5.32 Å². The van der Waals surface area contributed by atoms with Crippen LogP contribution >= 0.6 is 23.2 Å². The van der Waals surface area contributed by atoms with Crippen LogP contribution in [0.15, 0.2) is 18.2 Å². The van der Waals surface area contributed by atoms with Gasteiger partial charge < -0.3 is 10.2 Å². The molecule has 0 radical (unpaired) electrons. The van der Waals surface area contributed by atoms with E-state index in [0.29, 0.717) is 22.9 Å². The van der Waals surface area contributed by atoms with E-state index in [1.165, 1.54) is 25.9 Å². The molecule has 3 nitrogen and oxygen atoms in total. The van der Waals surface area contributed by atoms with Crippen LogP contribution in [-0.4, -0.2) is 37.0 Å². The number of nitrogens with zero attached hydrogens (tertiary/aromatic N) is 1. The quantitative estimate of drug-likeness (QED) is 0.776.